The molecule has 0 saturated heterocycles. The molecule has 3 heterocycles. The number of anilines is 1. The van der Waals surface area contributed by atoms with Gasteiger partial charge in [0.25, 0.3) is 5.91 Å². The lowest BCUT2D eigenvalue weighted by molar-refractivity contribution is -0.274. The maximum atomic E-state index is 13.7. The highest BCUT2D eigenvalue weighted by molar-refractivity contribution is 6.04. The standard InChI is InChI=1S/C22H18F4N6O2/c1-12-16(7-27-8-17(12)23)21(33)31-20-10-28-18(9-29-20)15-5-13(14-6-30-32(2)11-14)3-4-19(15)34-22(24,25)26/h3-10,14H,11H2,1-2H3,(H,29,31,33). The summed E-state index contributed by atoms with van der Waals surface area (Å²) in [4.78, 5) is 24.3. The predicted molar refractivity (Wildman–Crippen MR) is 115 cm³/mol. The number of amides is 1. The van der Waals surface area contributed by atoms with Crippen LogP contribution in [0.2, 0.25) is 0 Å². The molecule has 1 aliphatic rings. The Hall–Kier alpha value is -4.09. The number of benzene rings is 1. The van der Waals surface area contributed by atoms with Gasteiger partial charge in [-0.2, -0.15) is 5.10 Å². The van der Waals surface area contributed by atoms with Gasteiger partial charge in [0.15, 0.2) is 5.82 Å². The normalized spacial score (nSPS) is 15.5. The fourth-order valence-electron chi connectivity index (χ4n) is 3.40. The van der Waals surface area contributed by atoms with E-state index >= 15 is 0 Å². The van der Waals surface area contributed by atoms with Gasteiger partial charge < -0.3 is 10.1 Å². The van der Waals surface area contributed by atoms with E-state index in [-0.39, 0.29) is 34.1 Å². The van der Waals surface area contributed by atoms with Crippen LogP contribution in [0.1, 0.15) is 27.4 Å². The van der Waals surface area contributed by atoms with E-state index < -0.39 is 23.8 Å². The third kappa shape index (κ3) is 5.11. The Balaban J connectivity index is 1.62. The van der Waals surface area contributed by atoms with E-state index in [0.717, 1.165) is 11.8 Å². The predicted octanol–water partition coefficient (Wildman–Crippen LogP) is 4.15. The monoisotopic (exact) mass is 474 g/mol. The lowest BCUT2D eigenvalue weighted by Gasteiger charge is -2.16. The molecule has 34 heavy (non-hydrogen) atoms. The minimum atomic E-state index is -4.90. The number of aromatic nitrogens is 3. The van der Waals surface area contributed by atoms with E-state index in [0.29, 0.717) is 6.54 Å². The largest absolute Gasteiger partial charge is 0.573 e. The molecule has 2 aromatic heterocycles. The Labute approximate surface area is 191 Å². The summed E-state index contributed by atoms with van der Waals surface area (Å²) in [5.74, 6) is -1.81. The summed E-state index contributed by atoms with van der Waals surface area (Å²) in [7, 11) is 1.79. The molecule has 0 saturated carbocycles. The van der Waals surface area contributed by atoms with Crippen molar-refractivity contribution < 1.29 is 27.1 Å². The molecule has 0 bridgehead atoms. The fraction of sp³-hybridized carbons (Fsp3) is 0.227. The molecule has 0 fully saturated rings. The van der Waals surface area contributed by atoms with Gasteiger partial charge in [0.2, 0.25) is 0 Å². The first-order valence-electron chi connectivity index (χ1n) is 9.99. The summed E-state index contributed by atoms with van der Waals surface area (Å²) in [6.07, 6.45) is 1.41. The van der Waals surface area contributed by atoms with E-state index in [4.69, 9.17) is 0 Å². The topological polar surface area (TPSA) is 92.6 Å². The third-order valence-electron chi connectivity index (χ3n) is 5.13. The minimum absolute atomic E-state index is 0.0163. The number of hydrazone groups is 1. The van der Waals surface area contributed by atoms with Crippen molar-refractivity contribution in [2.24, 2.45) is 5.10 Å². The highest BCUT2D eigenvalue weighted by atomic mass is 19.4. The quantitative estimate of drug-likeness (QED) is 0.559. The van der Waals surface area contributed by atoms with Crippen molar-refractivity contribution >= 4 is 17.9 Å². The van der Waals surface area contributed by atoms with E-state index in [1.807, 2.05) is 0 Å². The molecule has 8 nitrogen and oxygen atoms in total. The highest BCUT2D eigenvalue weighted by Gasteiger charge is 2.33. The number of alkyl halides is 3. The molecule has 12 heteroatoms. The number of likely N-dealkylation sites (N-methyl/N-ethyl adjacent to an activating group) is 1. The molecule has 176 valence electrons. The molecule has 1 amide bonds. The Kier molecular flexibility index (Phi) is 6.14. The second kappa shape index (κ2) is 9.04. The molecule has 4 rings (SSSR count). The number of carbonyl (C=O) groups is 1. The number of nitrogens with zero attached hydrogens (tertiary/aromatic N) is 5. The van der Waals surface area contributed by atoms with Gasteiger partial charge in [0, 0.05) is 43.0 Å². The van der Waals surface area contributed by atoms with Gasteiger partial charge >= 0.3 is 6.36 Å². The molecule has 3 aromatic rings. The van der Waals surface area contributed by atoms with E-state index in [1.165, 1.54) is 37.6 Å². The van der Waals surface area contributed by atoms with Gasteiger partial charge in [0.05, 0.1) is 29.8 Å². The zero-order valence-corrected chi connectivity index (χ0v) is 18.0. The van der Waals surface area contributed by atoms with Gasteiger partial charge in [-0.1, -0.05) is 6.07 Å². The number of hydrogen-bond donors (Lipinski definition) is 1. The van der Waals surface area contributed by atoms with Crippen LogP contribution in [0, 0.1) is 12.7 Å². The van der Waals surface area contributed by atoms with Crippen molar-refractivity contribution in [3.8, 4) is 17.0 Å². The minimum Gasteiger partial charge on any atom is -0.405 e. The van der Waals surface area contributed by atoms with Gasteiger partial charge in [-0.25, -0.2) is 9.37 Å². The number of rotatable bonds is 5. The first kappa shape index (κ1) is 23.1. The second-order valence-corrected chi connectivity index (χ2v) is 7.55. The Bertz CT molecular complexity index is 1250. The van der Waals surface area contributed by atoms with Gasteiger partial charge in [0.1, 0.15) is 11.6 Å². The van der Waals surface area contributed by atoms with Crippen LogP contribution in [-0.4, -0.2) is 52.0 Å². The molecule has 0 aliphatic carbocycles. The first-order valence-corrected chi connectivity index (χ1v) is 9.99. The molecule has 0 spiro atoms. The highest BCUT2D eigenvalue weighted by Crippen LogP contribution is 2.35. The SMILES string of the molecule is Cc1c(F)cncc1C(=O)Nc1cnc(-c2cc(C3C=NN(C)C3)ccc2OC(F)(F)F)cn1. The number of ether oxygens (including phenoxy) is 1. The maximum absolute atomic E-state index is 13.7. The zero-order chi connectivity index (χ0) is 24.5. The lowest BCUT2D eigenvalue weighted by Crippen LogP contribution is -2.18. The van der Waals surface area contributed by atoms with Crippen LogP contribution in [0.25, 0.3) is 11.3 Å². The van der Waals surface area contributed by atoms with Gasteiger partial charge in [-0.3, -0.25) is 19.8 Å². The zero-order valence-electron chi connectivity index (χ0n) is 18.0. The smallest absolute Gasteiger partial charge is 0.405 e. The van der Waals surface area contributed by atoms with Crippen LogP contribution >= 0.6 is 0 Å². The summed E-state index contributed by atoms with van der Waals surface area (Å²) >= 11 is 0. The van der Waals surface area contributed by atoms with Crippen LogP contribution in [-0.2, 0) is 0 Å². The molecule has 1 unspecified atom stereocenters. The van der Waals surface area contributed by atoms with Crippen LogP contribution in [0.15, 0.2) is 48.1 Å². The fourth-order valence-corrected chi connectivity index (χ4v) is 3.40. The Morgan fingerprint density at radius 2 is 1.97 bits per heavy atom. The Morgan fingerprint density at radius 1 is 1.18 bits per heavy atom. The number of carbonyl (C=O) groups excluding carboxylic acids is 1. The summed E-state index contributed by atoms with van der Waals surface area (Å²) in [5, 5.41) is 8.34. The van der Waals surface area contributed by atoms with Crippen molar-refractivity contribution in [1.82, 2.24) is 20.0 Å². The number of hydrogen-bond acceptors (Lipinski definition) is 7. The van der Waals surface area contributed by atoms with Crippen molar-refractivity contribution in [3.05, 3.63) is 65.5 Å². The average molecular weight is 474 g/mol. The molecule has 1 atom stereocenters. The van der Waals surface area contributed by atoms with Crippen molar-refractivity contribution in [2.45, 2.75) is 19.2 Å². The molecular weight excluding hydrogens is 456 g/mol. The first-order chi connectivity index (χ1) is 16.1. The molecular formula is C22H18F4N6O2. The summed E-state index contributed by atoms with van der Waals surface area (Å²) in [6.45, 7) is 2.01. The summed E-state index contributed by atoms with van der Waals surface area (Å²) in [6, 6.07) is 4.31. The Morgan fingerprint density at radius 3 is 2.62 bits per heavy atom. The average Bonchev–Trinajstić information content (AvgIpc) is 3.22. The van der Waals surface area contributed by atoms with Crippen molar-refractivity contribution in [3.63, 3.8) is 0 Å². The molecule has 1 N–H and O–H groups in total. The van der Waals surface area contributed by atoms with Crippen molar-refractivity contribution in [2.75, 3.05) is 18.9 Å². The maximum Gasteiger partial charge on any atom is 0.573 e. The number of nitrogens with one attached hydrogen (secondary N) is 1. The van der Waals surface area contributed by atoms with Crippen LogP contribution in [0.5, 0.6) is 5.75 Å². The van der Waals surface area contributed by atoms with Crippen LogP contribution in [0.4, 0.5) is 23.4 Å². The van der Waals surface area contributed by atoms with E-state index in [9.17, 15) is 22.4 Å². The molecule has 0 radical (unpaired) electrons. The summed E-state index contributed by atoms with van der Waals surface area (Å²) < 4.78 is 56.7. The van der Waals surface area contributed by atoms with Crippen LogP contribution in [0.3, 0.4) is 0 Å². The summed E-state index contributed by atoms with van der Waals surface area (Å²) in [5.41, 5.74) is 1.04. The van der Waals surface area contributed by atoms with Crippen molar-refractivity contribution in [1.29, 1.82) is 0 Å². The molecule has 1 aliphatic heterocycles. The van der Waals surface area contributed by atoms with E-state index in [1.54, 1.807) is 24.3 Å². The number of halogens is 4. The number of pyridine rings is 1. The van der Waals surface area contributed by atoms with Gasteiger partial charge in [-0.15, -0.1) is 13.2 Å². The van der Waals surface area contributed by atoms with Gasteiger partial charge in [-0.05, 0) is 24.6 Å². The second-order valence-electron chi connectivity index (χ2n) is 7.55. The lowest BCUT2D eigenvalue weighted by atomic mass is 9.97. The molecule has 1 aromatic carbocycles. The third-order valence-corrected chi connectivity index (χ3v) is 5.13. The van der Waals surface area contributed by atoms with E-state index in [2.05, 4.69) is 30.1 Å². The van der Waals surface area contributed by atoms with Crippen LogP contribution < -0.4 is 10.1 Å².